The maximum atomic E-state index is 11.6. The first-order valence-corrected chi connectivity index (χ1v) is 5.86. The summed E-state index contributed by atoms with van der Waals surface area (Å²) in [5, 5.41) is 6.22. The second-order valence-electron chi connectivity index (χ2n) is 3.32. The highest BCUT2D eigenvalue weighted by Gasteiger charge is 2.25. The molecule has 0 amide bonds. The Morgan fingerprint density at radius 2 is 2.47 bits per heavy atom. The Hall–Kier alpha value is -1.16. The fourth-order valence-corrected chi connectivity index (χ4v) is 2.23. The summed E-state index contributed by atoms with van der Waals surface area (Å²) in [6.07, 6.45) is 2.30. The normalized spacial score (nSPS) is 16.1. The van der Waals surface area contributed by atoms with Gasteiger partial charge >= 0.3 is 11.5 Å². The number of hydrogen-bond acceptors (Lipinski definition) is 4. The van der Waals surface area contributed by atoms with Gasteiger partial charge in [0.25, 0.3) is 0 Å². The predicted octanol–water partition coefficient (Wildman–Crippen LogP) is 0.352. The summed E-state index contributed by atoms with van der Waals surface area (Å²) in [4.78, 5) is 22.9. The van der Waals surface area contributed by atoms with Crippen LogP contribution in [0.5, 0.6) is 0 Å². The van der Waals surface area contributed by atoms with Crippen LogP contribution in [-0.2, 0) is 4.74 Å². The molecule has 1 aliphatic rings. The number of aromatic nitrogens is 3. The molecule has 1 saturated carbocycles. The molecule has 1 aromatic heterocycles. The summed E-state index contributed by atoms with van der Waals surface area (Å²) in [6, 6.07) is 0. The summed E-state index contributed by atoms with van der Waals surface area (Å²) in [6.45, 7) is 1.94. The lowest BCUT2D eigenvalue weighted by Crippen LogP contribution is -2.19. The van der Waals surface area contributed by atoms with Crippen LogP contribution in [0.15, 0.2) is 4.79 Å². The molecule has 0 spiro atoms. The molecule has 7 heteroatoms. The summed E-state index contributed by atoms with van der Waals surface area (Å²) in [5.74, 6) is -0.655. The Morgan fingerprint density at radius 1 is 1.73 bits per heavy atom. The SMILES string of the molecule is CCOC(=O)c1n[nH]n(PC2CC2)c1=O. The first-order chi connectivity index (χ1) is 7.22. The fraction of sp³-hybridized carbons (Fsp3) is 0.625. The lowest BCUT2D eigenvalue weighted by atomic mass is 10.5. The summed E-state index contributed by atoms with van der Waals surface area (Å²) in [5.41, 5.74) is 0.0573. The highest BCUT2D eigenvalue weighted by Crippen LogP contribution is 2.38. The Kier molecular flexibility index (Phi) is 2.86. The first-order valence-electron chi connectivity index (χ1n) is 4.83. The van der Waals surface area contributed by atoms with Crippen LogP contribution in [0, 0.1) is 0 Å². The molecule has 1 aromatic rings. The number of aromatic amines is 1. The summed E-state index contributed by atoms with van der Waals surface area (Å²) in [7, 11) is 0.365. The molecule has 1 unspecified atom stereocenters. The molecule has 1 atom stereocenters. The second kappa shape index (κ2) is 4.14. The van der Waals surface area contributed by atoms with Gasteiger partial charge in [-0.2, -0.15) is 0 Å². The van der Waals surface area contributed by atoms with Crippen molar-refractivity contribution in [2.75, 3.05) is 6.61 Å². The van der Waals surface area contributed by atoms with Crippen LogP contribution in [0.4, 0.5) is 0 Å². The van der Waals surface area contributed by atoms with E-state index in [1.807, 2.05) is 0 Å². The van der Waals surface area contributed by atoms with Crippen molar-refractivity contribution in [1.29, 1.82) is 0 Å². The molecule has 1 aliphatic carbocycles. The van der Waals surface area contributed by atoms with E-state index in [9.17, 15) is 9.59 Å². The summed E-state index contributed by atoms with van der Waals surface area (Å²) >= 11 is 0. The topological polar surface area (TPSA) is 77.0 Å². The largest absolute Gasteiger partial charge is 0.461 e. The second-order valence-corrected chi connectivity index (χ2v) is 4.85. The van der Waals surface area contributed by atoms with Crippen molar-refractivity contribution in [3.05, 3.63) is 16.0 Å². The van der Waals surface area contributed by atoms with Gasteiger partial charge in [-0.3, -0.25) is 4.79 Å². The number of rotatable bonds is 4. The lowest BCUT2D eigenvalue weighted by Gasteiger charge is -1.96. The quantitative estimate of drug-likeness (QED) is 0.597. The first kappa shape index (κ1) is 10.4. The number of ether oxygens (including phenoxy) is 1. The van der Waals surface area contributed by atoms with Gasteiger partial charge in [-0.1, -0.05) is 0 Å². The fourth-order valence-electron chi connectivity index (χ4n) is 1.11. The Bertz CT molecular complexity index is 421. The smallest absolute Gasteiger partial charge is 0.364 e. The molecule has 1 heterocycles. The highest BCUT2D eigenvalue weighted by atomic mass is 31.1. The summed E-state index contributed by atoms with van der Waals surface area (Å²) < 4.78 is 6.10. The van der Waals surface area contributed by atoms with Gasteiger partial charge in [0.05, 0.1) is 6.61 Å². The maximum absolute atomic E-state index is 11.6. The molecule has 0 bridgehead atoms. The van der Waals surface area contributed by atoms with Gasteiger partial charge in [-0.25, -0.2) is 14.5 Å². The number of carbonyl (C=O) groups is 1. The monoisotopic (exact) mass is 229 g/mol. The standard InChI is InChI=1S/C8H12N3O3P/c1-2-14-8(13)6-7(12)11(10-9-6)15-5-3-4-5/h5,10,15H,2-4H2,1H3. The van der Waals surface area contributed by atoms with Crippen molar-refractivity contribution in [3.8, 4) is 0 Å². The molecule has 15 heavy (non-hydrogen) atoms. The Labute approximate surface area is 87.8 Å². The van der Waals surface area contributed by atoms with Gasteiger partial charge < -0.3 is 4.74 Å². The Balaban J connectivity index is 2.15. The number of hydrogen-bond donors (Lipinski definition) is 1. The van der Waals surface area contributed by atoms with Crippen LogP contribution >= 0.6 is 8.73 Å². The van der Waals surface area contributed by atoms with Crippen molar-refractivity contribution >= 4 is 14.7 Å². The number of esters is 1. The highest BCUT2D eigenvalue weighted by molar-refractivity contribution is 7.37. The van der Waals surface area contributed by atoms with Crippen LogP contribution in [0.3, 0.4) is 0 Å². The van der Waals surface area contributed by atoms with Gasteiger partial charge in [-0.05, 0) is 25.4 Å². The van der Waals surface area contributed by atoms with Crippen molar-refractivity contribution in [3.63, 3.8) is 0 Å². The van der Waals surface area contributed by atoms with E-state index < -0.39 is 5.97 Å². The molecule has 82 valence electrons. The molecule has 0 aliphatic heterocycles. The van der Waals surface area contributed by atoms with Crippen molar-refractivity contribution < 1.29 is 9.53 Å². The third kappa shape index (κ3) is 2.26. The van der Waals surface area contributed by atoms with Gasteiger partial charge in [0, 0.05) is 8.73 Å². The lowest BCUT2D eigenvalue weighted by molar-refractivity contribution is 0.0518. The van der Waals surface area contributed by atoms with E-state index >= 15 is 0 Å². The number of nitrogens with zero attached hydrogens (tertiary/aromatic N) is 2. The van der Waals surface area contributed by atoms with Gasteiger partial charge in [0.2, 0.25) is 5.69 Å². The zero-order valence-electron chi connectivity index (χ0n) is 8.32. The van der Waals surface area contributed by atoms with Crippen LogP contribution < -0.4 is 5.56 Å². The molecular weight excluding hydrogens is 217 g/mol. The molecule has 2 rings (SSSR count). The van der Waals surface area contributed by atoms with Crippen LogP contribution in [0.1, 0.15) is 30.3 Å². The molecule has 0 aromatic carbocycles. The van der Waals surface area contributed by atoms with E-state index in [1.165, 1.54) is 4.45 Å². The molecule has 1 N–H and O–H groups in total. The van der Waals surface area contributed by atoms with E-state index in [4.69, 9.17) is 4.74 Å². The third-order valence-corrected chi connectivity index (χ3v) is 3.53. The van der Waals surface area contributed by atoms with Gasteiger partial charge in [0.15, 0.2) is 0 Å². The van der Waals surface area contributed by atoms with Crippen molar-refractivity contribution in [2.24, 2.45) is 0 Å². The maximum Gasteiger partial charge on any atom is 0.364 e. The average Bonchev–Trinajstić information content (AvgIpc) is 2.93. The number of nitrogens with one attached hydrogen (secondary N) is 1. The predicted molar refractivity (Wildman–Crippen MR) is 55.5 cm³/mol. The minimum Gasteiger partial charge on any atom is -0.461 e. The van der Waals surface area contributed by atoms with Crippen LogP contribution in [-0.4, -0.2) is 33.0 Å². The van der Waals surface area contributed by atoms with Crippen LogP contribution in [0.2, 0.25) is 0 Å². The van der Waals surface area contributed by atoms with E-state index in [0.717, 1.165) is 12.8 Å². The van der Waals surface area contributed by atoms with E-state index in [0.29, 0.717) is 14.4 Å². The van der Waals surface area contributed by atoms with Gasteiger partial charge in [0.1, 0.15) is 0 Å². The van der Waals surface area contributed by atoms with E-state index in [-0.39, 0.29) is 17.9 Å². The van der Waals surface area contributed by atoms with E-state index in [2.05, 4.69) is 10.3 Å². The van der Waals surface area contributed by atoms with Crippen molar-refractivity contribution in [2.45, 2.75) is 25.4 Å². The molecule has 0 radical (unpaired) electrons. The van der Waals surface area contributed by atoms with Crippen LogP contribution in [0.25, 0.3) is 0 Å². The Morgan fingerprint density at radius 3 is 3.07 bits per heavy atom. The molecule has 1 fully saturated rings. The minimum absolute atomic E-state index is 0.148. The molecule has 0 saturated heterocycles. The zero-order valence-corrected chi connectivity index (χ0v) is 9.32. The zero-order chi connectivity index (χ0) is 10.8. The average molecular weight is 229 g/mol. The number of carbonyl (C=O) groups excluding carboxylic acids is 1. The molecule has 6 nitrogen and oxygen atoms in total. The minimum atomic E-state index is -0.655. The molecular formula is C8H12N3O3P. The van der Waals surface area contributed by atoms with Crippen molar-refractivity contribution in [1.82, 2.24) is 14.8 Å². The number of H-pyrrole nitrogens is 1. The van der Waals surface area contributed by atoms with Gasteiger partial charge in [-0.15, -0.1) is 5.10 Å². The third-order valence-electron chi connectivity index (χ3n) is 2.03. The van der Waals surface area contributed by atoms with E-state index in [1.54, 1.807) is 6.92 Å².